The molecule has 5 heteroatoms. The van der Waals surface area contributed by atoms with Crippen molar-refractivity contribution in [3.05, 3.63) is 33.9 Å². The van der Waals surface area contributed by atoms with Gasteiger partial charge in [0.25, 0.3) is 5.69 Å². The summed E-state index contributed by atoms with van der Waals surface area (Å²) in [4.78, 5) is 10.2. The van der Waals surface area contributed by atoms with Crippen molar-refractivity contribution in [2.45, 2.75) is 20.0 Å². The highest BCUT2D eigenvalue weighted by atomic mass is 16.6. The van der Waals surface area contributed by atoms with Crippen molar-refractivity contribution >= 4 is 5.69 Å². The van der Waals surface area contributed by atoms with E-state index in [9.17, 15) is 10.1 Å². The lowest BCUT2D eigenvalue weighted by molar-refractivity contribution is -0.385. The highest BCUT2D eigenvalue weighted by Gasteiger charge is 2.14. The molecule has 0 aliphatic heterocycles. The van der Waals surface area contributed by atoms with Crippen LogP contribution in [0.25, 0.3) is 0 Å². The number of benzene rings is 1. The van der Waals surface area contributed by atoms with E-state index >= 15 is 0 Å². The summed E-state index contributed by atoms with van der Waals surface area (Å²) >= 11 is 0. The average Bonchev–Trinajstić information content (AvgIpc) is 2.15. The first-order valence-corrected chi connectivity index (χ1v) is 4.57. The molecule has 1 rings (SSSR count). The summed E-state index contributed by atoms with van der Waals surface area (Å²) in [6.07, 6.45) is -0.594. The average molecular weight is 211 g/mol. The Labute approximate surface area is 87.5 Å². The van der Waals surface area contributed by atoms with Gasteiger partial charge in [-0.25, -0.2) is 0 Å². The van der Waals surface area contributed by atoms with Gasteiger partial charge in [-0.2, -0.15) is 0 Å². The van der Waals surface area contributed by atoms with Gasteiger partial charge in [0, 0.05) is 6.07 Å². The normalized spacial score (nSPS) is 12.2. The van der Waals surface area contributed by atoms with Crippen LogP contribution >= 0.6 is 0 Å². The summed E-state index contributed by atoms with van der Waals surface area (Å²) in [5, 5.41) is 19.6. The molecule has 0 heterocycles. The van der Waals surface area contributed by atoms with Crippen LogP contribution in [0.5, 0.6) is 5.75 Å². The third kappa shape index (κ3) is 2.92. The first-order valence-electron chi connectivity index (χ1n) is 4.57. The van der Waals surface area contributed by atoms with E-state index < -0.39 is 11.0 Å². The Hall–Kier alpha value is -1.62. The molecule has 82 valence electrons. The van der Waals surface area contributed by atoms with Crippen molar-refractivity contribution in [1.82, 2.24) is 0 Å². The van der Waals surface area contributed by atoms with E-state index in [0.29, 0.717) is 11.3 Å². The molecule has 0 fully saturated rings. The highest BCUT2D eigenvalue weighted by Crippen LogP contribution is 2.26. The van der Waals surface area contributed by atoms with Gasteiger partial charge in [0.05, 0.1) is 16.6 Å². The van der Waals surface area contributed by atoms with Crippen molar-refractivity contribution in [3.63, 3.8) is 0 Å². The van der Waals surface area contributed by atoms with Crippen LogP contribution in [0, 0.1) is 17.0 Å². The molecule has 5 nitrogen and oxygen atoms in total. The lowest BCUT2D eigenvalue weighted by Gasteiger charge is -2.10. The zero-order chi connectivity index (χ0) is 11.4. The summed E-state index contributed by atoms with van der Waals surface area (Å²) < 4.78 is 5.23. The monoisotopic (exact) mass is 211 g/mol. The predicted molar refractivity (Wildman–Crippen MR) is 55.0 cm³/mol. The molecule has 0 aliphatic rings. The molecule has 0 saturated carbocycles. The van der Waals surface area contributed by atoms with Crippen molar-refractivity contribution in [2.24, 2.45) is 0 Å². The molecule has 0 aliphatic carbocycles. The number of nitro benzene ring substituents is 1. The molecular weight excluding hydrogens is 198 g/mol. The Kier molecular flexibility index (Phi) is 3.62. The second kappa shape index (κ2) is 4.75. The second-order valence-corrected chi connectivity index (χ2v) is 3.32. The molecule has 1 atom stereocenters. The number of nitro groups is 1. The quantitative estimate of drug-likeness (QED) is 0.607. The number of aliphatic hydroxyl groups excluding tert-OH is 1. The van der Waals surface area contributed by atoms with Gasteiger partial charge < -0.3 is 9.84 Å². The summed E-state index contributed by atoms with van der Waals surface area (Å²) in [6, 6.07) is 4.62. The number of nitrogens with zero attached hydrogens (tertiary/aromatic N) is 1. The molecule has 0 amide bonds. The first kappa shape index (κ1) is 11.5. The first-order chi connectivity index (χ1) is 7.02. The Morgan fingerprint density at radius 1 is 1.60 bits per heavy atom. The molecule has 0 radical (unpaired) electrons. The fourth-order valence-corrected chi connectivity index (χ4v) is 1.17. The molecular formula is C10H13NO4. The maximum atomic E-state index is 10.6. The van der Waals surface area contributed by atoms with Gasteiger partial charge in [-0.1, -0.05) is 6.07 Å². The Morgan fingerprint density at radius 2 is 2.27 bits per heavy atom. The summed E-state index contributed by atoms with van der Waals surface area (Å²) in [6.45, 7) is 3.34. The Balaban J connectivity index is 2.89. The lowest BCUT2D eigenvalue weighted by Crippen LogP contribution is -2.13. The fraction of sp³-hybridized carbons (Fsp3) is 0.400. The minimum atomic E-state index is -0.594. The molecule has 0 aromatic heterocycles. The zero-order valence-corrected chi connectivity index (χ0v) is 8.64. The van der Waals surface area contributed by atoms with Gasteiger partial charge in [0.1, 0.15) is 12.4 Å². The summed E-state index contributed by atoms with van der Waals surface area (Å²) in [5.41, 5.74) is 0.501. The zero-order valence-electron chi connectivity index (χ0n) is 8.64. The smallest absolute Gasteiger partial charge is 0.276 e. The van der Waals surface area contributed by atoms with E-state index in [1.165, 1.54) is 6.07 Å². The van der Waals surface area contributed by atoms with Crippen LogP contribution in [0.2, 0.25) is 0 Å². The van der Waals surface area contributed by atoms with Crippen LogP contribution in [-0.2, 0) is 0 Å². The second-order valence-electron chi connectivity index (χ2n) is 3.32. The van der Waals surface area contributed by atoms with E-state index in [2.05, 4.69) is 0 Å². The largest absolute Gasteiger partial charge is 0.490 e. The van der Waals surface area contributed by atoms with E-state index in [4.69, 9.17) is 9.84 Å². The van der Waals surface area contributed by atoms with Crippen LogP contribution in [0.4, 0.5) is 5.69 Å². The van der Waals surface area contributed by atoms with Crippen LogP contribution in [0.3, 0.4) is 0 Å². The fourth-order valence-electron chi connectivity index (χ4n) is 1.17. The maximum absolute atomic E-state index is 10.6. The number of hydrogen-bond acceptors (Lipinski definition) is 4. The van der Waals surface area contributed by atoms with Gasteiger partial charge >= 0.3 is 0 Å². The van der Waals surface area contributed by atoms with Crippen molar-refractivity contribution in [1.29, 1.82) is 0 Å². The maximum Gasteiger partial charge on any atom is 0.276 e. The molecule has 0 bridgehead atoms. The summed E-state index contributed by atoms with van der Waals surface area (Å²) in [5.74, 6) is 0.435. The molecule has 15 heavy (non-hydrogen) atoms. The molecule has 0 saturated heterocycles. The van der Waals surface area contributed by atoms with Crippen molar-refractivity contribution in [3.8, 4) is 5.75 Å². The van der Waals surface area contributed by atoms with Crippen LogP contribution in [0.15, 0.2) is 18.2 Å². The Bertz CT molecular complexity index is 362. The van der Waals surface area contributed by atoms with Crippen molar-refractivity contribution in [2.75, 3.05) is 6.61 Å². The molecule has 1 aromatic rings. The molecule has 1 aromatic carbocycles. The van der Waals surface area contributed by atoms with Crippen molar-refractivity contribution < 1.29 is 14.8 Å². The minimum absolute atomic E-state index is 0.0260. The SMILES string of the molecule is Cc1c(OCC(C)O)cccc1[N+](=O)[O-]. The highest BCUT2D eigenvalue weighted by molar-refractivity contribution is 5.48. The van der Waals surface area contributed by atoms with Crippen LogP contribution in [-0.4, -0.2) is 22.7 Å². The van der Waals surface area contributed by atoms with Gasteiger partial charge in [0.2, 0.25) is 0 Å². The summed E-state index contributed by atoms with van der Waals surface area (Å²) in [7, 11) is 0. The van der Waals surface area contributed by atoms with Crippen LogP contribution < -0.4 is 4.74 Å². The van der Waals surface area contributed by atoms with Crippen LogP contribution in [0.1, 0.15) is 12.5 Å². The van der Waals surface area contributed by atoms with E-state index in [-0.39, 0.29) is 12.3 Å². The minimum Gasteiger partial charge on any atom is -0.490 e. The number of rotatable bonds is 4. The van der Waals surface area contributed by atoms with E-state index in [1.807, 2.05) is 0 Å². The molecule has 1 unspecified atom stereocenters. The van der Waals surface area contributed by atoms with Gasteiger partial charge in [-0.05, 0) is 19.9 Å². The molecule has 0 spiro atoms. The number of hydrogen-bond donors (Lipinski definition) is 1. The Morgan fingerprint density at radius 3 is 2.80 bits per heavy atom. The third-order valence-corrected chi connectivity index (χ3v) is 1.93. The number of aliphatic hydroxyl groups is 1. The third-order valence-electron chi connectivity index (χ3n) is 1.93. The van der Waals surface area contributed by atoms with E-state index in [1.54, 1.807) is 26.0 Å². The van der Waals surface area contributed by atoms with E-state index in [0.717, 1.165) is 0 Å². The topological polar surface area (TPSA) is 72.6 Å². The molecule has 1 N–H and O–H groups in total. The standard InChI is InChI=1S/C10H13NO4/c1-7(12)6-15-10-5-3-4-9(8(10)2)11(13)14/h3-5,7,12H,6H2,1-2H3. The number of ether oxygens (including phenoxy) is 1. The van der Waals surface area contributed by atoms with Gasteiger partial charge in [-0.15, -0.1) is 0 Å². The lowest BCUT2D eigenvalue weighted by atomic mass is 10.2. The van der Waals surface area contributed by atoms with Gasteiger partial charge in [0.15, 0.2) is 0 Å². The van der Waals surface area contributed by atoms with Gasteiger partial charge in [-0.3, -0.25) is 10.1 Å². The predicted octanol–water partition coefficient (Wildman–Crippen LogP) is 1.66.